The second kappa shape index (κ2) is 17.8. The van der Waals surface area contributed by atoms with Crippen molar-refractivity contribution >= 4 is 35.1 Å². The number of thiophene rings is 1. The zero-order valence-corrected chi connectivity index (χ0v) is 24.7. The van der Waals surface area contributed by atoms with Crippen molar-refractivity contribution in [1.29, 1.82) is 0 Å². The van der Waals surface area contributed by atoms with Gasteiger partial charge in [-0.05, 0) is 100 Å². The molecule has 212 valence electrons. The van der Waals surface area contributed by atoms with Crippen LogP contribution in [0.1, 0.15) is 68.8 Å². The van der Waals surface area contributed by atoms with Gasteiger partial charge in [-0.25, -0.2) is 4.39 Å². The molecule has 2 fully saturated rings. The van der Waals surface area contributed by atoms with Crippen molar-refractivity contribution in [3.05, 3.63) is 75.9 Å². The summed E-state index contributed by atoms with van der Waals surface area (Å²) >= 11 is 7.39. The average molecular weight is 575 g/mol. The van der Waals surface area contributed by atoms with Gasteiger partial charge < -0.3 is 15.4 Å². The van der Waals surface area contributed by atoms with E-state index >= 15 is 0 Å². The van der Waals surface area contributed by atoms with Crippen molar-refractivity contribution in [2.75, 3.05) is 19.6 Å². The Bertz CT molecular complexity index is 1140. The van der Waals surface area contributed by atoms with Crippen LogP contribution < -0.4 is 10.5 Å². The van der Waals surface area contributed by atoms with Crippen molar-refractivity contribution in [1.82, 2.24) is 4.90 Å². The van der Waals surface area contributed by atoms with Crippen molar-refractivity contribution < 1.29 is 18.7 Å². The van der Waals surface area contributed by atoms with Gasteiger partial charge in [0.05, 0.1) is 10.4 Å². The van der Waals surface area contributed by atoms with Crippen LogP contribution in [-0.2, 0) is 11.2 Å². The first-order chi connectivity index (χ1) is 18.9. The summed E-state index contributed by atoms with van der Waals surface area (Å²) in [7, 11) is 0. The predicted molar refractivity (Wildman–Crippen MR) is 160 cm³/mol. The zero-order valence-electron chi connectivity index (χ0n) is 23.1. The molecule has 1 amide bonds. The van der Waals surface area contributed by atoms with Crippen LogP contribution in [0.2, 0.25) is 4.34 Å². The summed E-state index contributed by atoms with van der Waals surface area (Å²) < 4.78 is 20.1. The smallest absolute Gasteiger partial charge is 0.204 e. The average Bonchev–Trinajstić information content (AvgIpc) is 3.40. The number of amides is 1. The molecule has 0 bridgehead atoms. The summed E-state index contributed by atoms with van der Waals surface area (Å²) in [6.07, 6.45) is 7.38. The summed E-state index contributed by atoms with van der Waals surface area (Å²) in [5.41, 5.74) is 7.08. The van der Waals surface area contributed by atoms with Crippen LogP contribution in [0.15, 0.2) is 54.6 Å². The minimum atomic E-state index is -0.203. The Morgan fingerprint density at radius 1 is 1.10 bits per heavy atom. The lowest BCUT2D eigenvalue weighted by molar-refractivity contribution is -0.106. The third-order valence-corrected chi connectivity index (χ3v) is 7.38. The lowest BCUT2D eigenvalue weighted by atomic mass is 10.1. The molecule has 5 nitrogen and oxygen atoms in total. The maximum atomic E-state index is 13.8. The minimum Gasteiger partial charge on any atom is -0.487 e. The number of rotatable bonds is 8. The van der Waals surface area contributed by atoms with Gasteiger partial charge in [0.1, 0.15) is 0 Å². The van der Waals surface area contributed by atoms with Crippen LogP contribution in [0.25, 0.3) is 10.4 Å². The lowest BCUT2D eigenvalue weighted by Gasteiger charge is -2.14. The monoisotopic (exact) mass is 574 g/mol. The molecule has 0 atom stereocenters. The van der Waals surface area contributed by atoms with Gasteiger partial charge in [-0.15, -0.1) is 11.3 Å². The van der Waals surface area contributed by atoms with Gasteiger partial charge >= 0.3 is 0 Å². The molecule has 0 radical (unpaired) electrons. The molecule has 39 heavy (non-hydrogen) atoms. The Hall–Kier alpha value is -2.74. The topological polar surface area (TPSA) is 72.6 Å². The van der Waals surface area contributed by atoms with Gasteiger partial charge in [-0.3, -0.25) is 9.59 Å². The van der Waals surface area contributed by atoms with Gasteiger partial charge in [-0.1, -0.05) is 55.8 Å². The molecule has 1 saturated heterocycles. The summed E-state index contributed by atoms with van der Waals surface area (Å²) in [5, 5.41) is 0. The van der Waals surface area contributed by atoms with Gasteiger partial charge in [0.2, 0.25) is 6.41 Å². The Balaban J connectivity index is 0.000000240. The van der Waals surface area contributed by atoms with E-state index in [9.17, 15) is 9.18 Å². The normalized spacial score (nSPS) is 14.1. The number of Topliss-reactive ketones (excluding diaryl/α,β-unsaturated/α-hetero) is 1. The number of nitrogens with two attached hydrogens (primary N) is 1. The van der Waals surface area contributed by atoms with Gasteiger partial charge in [0.25, 0.3) is 0 Å². The van der Waals surface area contributed by atoms with E-state index in [0.717, 1.165) is 58.1 Å². The molecule has 3 aromatic rings. The number of hydrogen-bond acceptors (Lipinski definition) is 5. The molecule has 1 saturated carbocycles. The predicted octanol–water partition coefficient (Wildman–Crippen LogP) is 7.79. The highest BCUT2D eigenvalue weighted by Gasteiger charge is 2.24. The first-order valence-corrected chi connectivity index (χ1v) is 14.8. The number of carbonyl (C=O) groups excluding carboxylic acids is 2. The molecule has 1 aliphatic carbocycles. The third-order valence-electron chi connectivity index (χ3n) is 6.10. The van der Waals surface area contributed by atoms with E-state index in [1.807, 2.05) is 56.3 Å². The number of hydrogen-bond donors (Lipinski definition) is 1. The van der Waals surface area contributed by atoms with Crippen molar-refractivity contribution in [3.8, 4) is 16.2 Å². The number of benzene rings is 2. The Labute approximate surface area is 241 Å². The number of nitrogens with zero attached hydrogens (tertiary/aromatic N) is 1. The molecule has 2 aromatic carbocycles. The second-order valence-corrected chi connectivity index (χ2v) is 10.8. The highest BCUT2D eigenvalue weighted by Crippen LogP contribution is 2.31. The molecule has 1 aromatic heterocycles. The van der Waals surface area contributed by atoms with Gasteiger partial charge in [0, 0.05) is 10.4 Å². The summed E-state index contributed by atoms with van der Waals surface area (Å²) in [4.78, 5) is 23.3. The lowest BCUT2D eigenvalue weighted by Crippen LogP contribution is -2.20. The molecule has 2 N–H and O–H groups in total. The van der Waals surface area contributed by atoms with Crippen LogP contribution in [0.4, 0.5) is 4.39 Å². The summed E-state index contributed by atoms with van der Waals surface area (Å²) in [6, 6.07) is 16.9. The van der Waals surface area contributed by atoms with E-state index in [1.165, 1.54) is 37.3 Å². The van der Waals surface area contributed by atoms with Crippen molar-refractivity contribution in [2.45, 2.75) is 65.4 Å². The number of primary amides is 1. The van der Waals surface area contributed by atoms with Crippen LogP contribution in [0, 0.1) is 5.82 Å². The minimum absolute atomic E-state index is 0.0887. The molecule has 8 heteroatoms. The first-order valence-electron chi connectivity index (χ1n) is 13.6. The van der Waals surface area contributed by atoms with Crippen LogP contribution >= 0.6 is 22.9 Å². The van der Waals surface area contributed by atoms with Gasteiger partial charge in [-0.2, -0.15) is 0 Å². The van der Waals surface area contributed by atoms with E-state index in [-0.39, 0.29) is 24.1 Å². The third kappa shape index (κ3) is 11.9. The summed E-state index contributed by atoms with van der Waals surface area (Å²) in [6.45, 7) is 9.18. The molecule has 2 aliphatic rings. The van der Waals surface area contributed by atoms with E-state index < -0.39 is 0 Å². The fourth-order valence-electron chi connectivity index (χ4n) is 4.01. The highest BCUT2D eigenvalue weighted by molar-refractivity contribution is 7.19. The number of ether oxygens (including phenoxy) is 1. The molecular weight excluding hydrogens is 535 g/mol. The zero-order chi connectivity index (χ0) is 28.6. The number of carbonyl (C=O) groups is 2. The van der Waals surface area contributed by atoms with Crippen LogP contribution in [-0.4, -0.2) is 42.8 Å². The largest absolute Gasteiger partial charge is 0.487 e. The summed E-state index contributed by atoms with van der Waals surface area (Å²) in [5.74, 6) is 0.308. The number of ketones is 1. The quantitative estimate of drug-likeness (QED) is 0.220. The van der Waals surface area contributed by atoms with Crippen LogP contribution in [0.3, 0.4) is 0 Å². The molecule has 5 rings (SSSR count). The van der Waals surface area contributed by atoms with Crippen LogP contribution in [0.5, 0.6) is 5.75 Å². The van der Waals surface area contributed by atoms with Crippen molar-refractivity contribution in [3.63, 3.8) is 0 Å². The highest BCUT2D eigenvalue weighted by atomic mass is 35.5. The SMILES string of the molecule is CC.CC(=O)c1ccc(-c2ccc(Cl)s2)cc1.Fc1cc(CCCN2CCCC2)ccc1OC1CC1.NC=O. The number of likely N-dealkylation sites (tertiary alicyclic amines) is 1. The maximum Gasteiger partial charge on any atom is 0.204 e. The Morgan fingerprint density at radius 3 is 2.26 bits per heavy atom. The van der Waals surface area contributed by atoms with Gasteiger partial charge in [0.15, 0.2) is 17.3 Å². The molecular formula is C31H40ClFN2O3S. The molecule has 0 spiro atoms. The molecule has 2 heterocycles. The Kier molecular flexibility index (Phi) is 14.8. The molecule has 0 unspecified atom stereocenters. The fourth-order valence-corrected chi connectivity index (χ4v) is 5.06. The maximum absolute atomic E-state index is 13.8. The first kappa shape index (κ1) is 32.5. The fraction of sp³-hybridized carbons (Fsp3) is 0.419. The number of aryl methyl sites for hydroxylation is 1. The van der Waals surface area contributed by atoms with E-state index in [4.69, 9.17) is 21.1 Å². The Morgan fingerprint density at radius 2 is 1.74 bits per heavy atom. The second-order valence-electron chi connectivity index (χ2n) is 9.11. The van der Waals surface area contributed by atoms with E-state index in [1.54, 1.807) is 19.1 Å². The van der Waals surface area contributed by atoms with E-state index in [2.05, 4.69) is 10.6 Å². The molecule has 1 aliphatic heterocycles. The van der Waals surface area contributed by atoms with Crippen molar-refractivity contribution in [2.24, 2.45) is 5.73 Å². The standard InChI is InChI=1S/C16H22FNO.C12H9ClOS.C2H6.CH3NO/c17-15-12-13(4-3-11-18-9-1-2-10-18)5-8-16(15)19-14-6-7-14;1-8(14)9-2-4-10(5-3-9)11-6-7-12(13)15-11;1-2;2-1-3/h5,8,12,14H,1-4,6-7,9-11H2;2-7H,1H3;1-2H3;1H,(H2,2,3). The number of halogens is 2. The van der Waals surface area contributed by atoms with E-state index in [0.29, 0.717) is 5.75 Å².